The number of rotatable bonds is 2. The molecule has 1 unspecified atom stereocenters. The summed E-state index contributed by atoms with van der Waals surface area (Å²) in [6, 6.07) is 8.17. The monoisotopic (exact) mass is 231 g/mol. The quantitative estimate of drug-likeness (QED) is 0.828. The normalized spacial score (nSPS) is 18.4. The summed E-state index contributed by atoms with van der Waals surface area (Å²) in [5.41, 5.74) is 3.78. The number of fused-ring (bicyclic) bond motifs is 1. The minimum atomic E-state index is 0.370. The number of aryl methyl sites for hydroxylation is 1. The molecule has 1 aromatic carbocycles. The highest BCUT2D eigenvalue weighted by Gasteiger charge is 2.22. The molecule has 2 N–H and O–H groups in total. The van der Waals surface area contributed by atoms with Crippen molar-refractivity contribution in [2.24, 2.45) is 0 Å². The van der Waals surface area contributed by atoms with Gasteiger partial charge >= 0.3 is 0 Å². The van der Waals surface area contributed by atoms with Gasteiger partial charge in [0.25, 0.3) is 0 Å². The lowest BCUT2D eigenvalue weighted by Gasteiger charge is -2.14. The molecule has 0 bridgehead atoms. The van der Waals surface area contributed by atoms with E-state index in [0.29, 0.717) is 11.8 Å². The van der Waals surface area contributed by atoms with E-state index >= 15 is 0 Å². The van der Waals surface area contributed by atoms with Gasteiger partial charge in [0.05, 0.1) is 6.04 Å². The summed E-state index contributed by atoms with van der Waals surface area (Å²) < 4.78 is 0. The zero-order chi connectivity index (χ0) is 11.0. The second-order valence-corrected chi connectivity index (χ2v) is 4.91. The Morgan fingerprint density at radius 2 is 2.25 bits per heavy atom. The highest BCUT2D eigenvalue weighted by Crippen LogP contribution is 2.35. The van der Waals surface area contributed by atoms with Crippen LogP contribution in [0.25, 0.3) is 0 Å². The van der Waals surface area contributed by atoms with Crippen molar-refractivity contribution < 1.29 is 5.11 Å². The van der Waals surface area contributed by atoms with Gasteiger partial charge in [-0.3, -0.25) is 0 Å². The molecule has 0 saturated heterocycles. The maximum Gasteiger partial charge on any atom is 0.115 e. The Kier molecular flexibility index (Phi) is 2.33. The van der Waals surface area contributed by atoms with E-state index < -0.39 is 0 Å². The molecule has 1 aliphatic rings. The van der Waals surface area contributed by atoms with Gasteiger partial charge in [0.2, 0.25) is 0 Å². The fourth-order valence-corrected chi connectivity index (χ4v) is 2.90. The van der Waals surface area contributed by atoms with Crippen LogP contribution in [0.5, 0.6) is 5.75 Å². The first-order valence-electron chi connectivity index (χ1n) is 5.43. The molecule has 2 aromatic rings. The maximum absolute atomic E-state index is 9.42. The second kappa shape index (κ2) is 3.83. The molecule has 3 rings (SSSR count). The van der Waals surface area contributed by atoms with E-state index in [-0.39, 0.29) is 0 Å². The van der Waals surface area contributed by atoms with E-state index in [9.17, 15) is 5.11 Å². The van der Waals surface area contributed by atoms with E-state index in [2.05, 4.69) is 22.1 Å². The SMILES string of the molecule is Oc1ccc2c(c1)CCC2Nc1ccsc1. The van der Waals surface area contributed by atoms with Gasteiger partial charge in [-0.2, -0.15) is 11.3 Å². The smallest absolute Gasteiger partial charge is 0.115 e. The molecule has 0 amide bonds. The number of benzene rings is 1. The molecular formula is C13H13NOS. The average Bonchev–Trinajstić information content (AvgIpc) is 2.89. The lowest BCUT2D eigenvalue weighted by Crippen LogP contribution is -2.05. The minimum Gasteiger partial charge on any atom is -0.508 e. The molecule has 0 fully saturated rings. The van der Waals surface area contributed by atoms with Crippen molar-refractivity contribution in [1.29, 1.82) is 0 Å². The van der Waals surface area contributed by atoms with Crippen LogP contribution in [-0.4, -0.2) is 5.11 Å². The van der Waals surface area contributed by atoms with Gasteiger partial charge in [-0.25, -0.2) is 0 Å². The molecule has 0 radical (unpaired) electrons. The maximum atomic E-state index is 9.42. The summed E-state index contributed by atoms with van der Waals surface area (Å²) in [6.45, 7) is 0. The van der Waals surface area contributed by atoms with E-state index in [1.165, 1.54) is 16.8 Å². The van der Waals surface area contributed by atoms with E-state index in [1.54, 1.807) is 17.4 Å². The molecule has 0 saturated carbocycles. The second-order valence-electron chi connectivity index (χ2n) is 4.13. The fourth-order valence-electron chi connectivity index (χ4n) is 2.30. The van der Waals surface area contributed by atoms with Gasteiger partial charge in [0.1, 0.15) is 5.75 Å². The standard InChI is InChI=1S/C13H13NOS/c15-11-2-3-12-9(7-11)1-4-13(12)14-10-5-6-16-8-10/h2-3,5-8,13-15H,1,4H2. The fraction of sp³-hybridized carbons (Fsp3) is 0.231. The van der Waals surface area contributed by atoms with Crippen LogP contribution in [0.15, 0.2) is 35.0 Å². The van der Waals surface area contributed by atoms with Gasteiger partial charge in [0, 0.05) is 11.1 Å². The van der Waals surface area contributed by atoms with E-state index in [0.717, 1.165) is 12.8 Å². The number of aromatic hydroxyl groups is 1. The van der Waals surface area contributed by atoms with Crippen LogP contribution in [0.1, 0.15) is 23.6 Å². The van der Waals surface area contributed by atoms with Gasteiger partial charge < -0.3 is 10.4 Å². The molecule has 1 heterocycles. The van der Waals surface area contributed by atoms with Crippen molar-refractivity contribution in [2.45, 2.75) is 18.9 Å². The Bertz CT molecular complexity index is 493. The van der Waals surface area contributed by atoms with Crippen molar-refractivity contribution in [2.75, 3.05) is 5.32 Å². The molecule has 1 aromatic heterocycles. The first-order valence-corrected chi connectivity index (χ1v) is 6.38. The number of anilines is 1. The summed E-state index contributed by atoms with van der Waals surface area (Å²) in [5, 5.41) is 17.1. The number of phenols is 1. The molecule has 16 heavy (non-hydrogen) atoms. The van der Waals surface area contributed by atoms with Crippen molar-refractivity contribution >= 4 is 17.0 Å². The third-order valence-electron chi connectivity index (χ3n) is 3.07. The van der Waals surface area contributed by atoms with Crippen LogP contribution in [0, 0.1) is 0 Å². The van der Waals surface area contributed by atoms with Crippen LogP contribution in [0.3, 0.4) is 0 Å². The Labute approximate surface area is 98.6 Å². The van der Waals surface area contributed by atoms with Crippen LogP contribution in [0.2, 0.25) is 0 Å². The van der Waals surface area contributed by atoms with Crippen molar-refractivity contribution in [1.82, 2.24) is 0 Å². The van der Waals surface area contributed by atoms with Crippen LogP contribution < -0.4 is 5.32 Å². The van der Waals surface area contributed by atoms with Gasteiger partial charge in [-0.15, -0.1) is 0 Å². The van der Waals surface area contributed by atoms with Crippen LogP contribution >= 0.6 is 11.3 Å². The average molecular weight is 231 g/mol. The lowest BCUT2D eigenvalue weighted by atomic mass is 10.1. The topological polar surface area (TPSA) is 32.3 Å². The molecule has 0 spiro atoms. The van der Waals surface area contributed by atoms with Crippen LogP contribution in [-0.2, 0) is 6.42 Å². The molecule has 3 heteroatoms. The van der Waals surface area contributed by atoms with Gasteiger partial charge in [-0.05, 0) is 47.5 Å². The Morgan fingerprint density at radius 1 is 1.31 bits per heavy atom. The Morgan fingerprint density at radius 3 is 3.06 bits per heavy atom. The third kappa shape index (κ3) is 1.67. The van der Waals surface area contributed by atoms with Gasteiger partial charge in [0.15, 0.2) is 0 Å². The molecule has 2 nitrogen and oxygen atoms in total. The first kappa shape index (κ1) is 9.73. The number of phenolic OH excluding ortho intramolecular Hbond substituents is 1. The number of hydrogen-bond donors (Lipinski definition) is 2. The molecule has 82 valence electrons. The van der Waals surface area contributed by atoms with E-state index in [4.69, 9.17) is 0 Å². The highest BCUT2D eigenvalue weighted by molar-refractivity contribution is 7.08. The van der Waals surface area contributed by atoms with Crippen molar-refractivity contribution in [3.8, 4) is 5.75 Å². The lowest BCUT2D eigenvalue weighted by molar-refractivity contribution is 0.474. The van der Waals surface area contributed by atoms with Crippen molar-refractivity contribution in [3.05, 3.63) is 46.2 Å². The number of hydrogen-bond acceptors (Lipinski definition) is 3. The zero-order valence-corrected chi connectivity index (χ0v) is 9.63. The predicted molar refractivity (Wildman–Crippen MR) is 67.1 cm³/mol. The van der Waals surface area contributed by atoms with Crippen LogP contribution in [0.4, 0.5) is 5.69 Å². The number of thiophene rings is 1. The molecule has 1 atom stereocenters. The largest absolute Gasteiger partial charge is 0.508 e. The van der Waals surface area contributed by atoms with Crippen molar-refractivity contribution in [3.63, 3.8) is 0 Å². The summed E-state index contributed by atoms with van der Waals surface area (Å²) in [6.07, 6.45) is 2.15. The summed E-state index contributed by atoms with van der Waals surface area (Å²) in [7, 11) is 0. The van der Waals surface area contributed by atoms with Gasteiger partial charge in [-0.1, -0.05) is 6.07 Å². The Hall–Kier alpha value is -1.48. The highest BCUT2D eigenvalue weighted by atomic mass is 32.1. The summed E-state index contributed by atoms with van der Waals surface area (Å²) >= 11 is 1.70. The first-order chi connectivity index (χ1) is 7.83. The van der Waals surface area contributed by atoms with E-state index in [1.807, 2.05) is 12.1 Å². The summed E-state index contributed by atoms with van der Waals surface area (Å²) in [5.74, 6) is 0.370. The zero-order valence-electron chi connectivity index (χ0n) is 8.81. The minimum absolute atomic E-state index is 0.370. The molecule has 1 aliphatic carbocycles. The third-order valence-corrected chi connectivity index (χ3v) is 3.75. The molecular weight excluding hydrogens is 218 g/mol. The number of nitrogens with one attached hydrogen (secondary N) is 1. The summed E-state index contributed by atoms with van der Waals surface area (Å²) in [4.78, 5) is 0. The molecule has 0 aliphatic heterocycles. The predicted octanol–water partition coefficient (Wildman–Crippen LogP) is 3.55. The Balaban J connectivity index is 1.86.